The molecule has 0 amide bonds. The molecular formula is C33H27FN6O2. The molecule has 0 fully saturated rings. The normalized spacial score (nSPS) is 15.1. The first kappa shape index (κ1) is 25.5. The number of hydrogen-bond donors (Lipinski definition) is 1. The Morgan fingerprint density at radius 3 is 2.33 bits per heavy atom. The van der Waals surface area contributed by atoms with Crippen molar-refractivity contribution < 1.29 is 13.9 Å². The molecule has 42 heavy (non-hydrogen) atoms. The molecule has 0 saturated heterocycles. The molecule has 0 bridgehead atoms. The molecular weight excluding hydrogens is 531 g/mol. The third kappa shape index (κ3) is 4.09. The van der Waals surface area contributed by atoms with Crippen LogP contribution in [0.5, 0.6) is 11.5 Å². The molecule has 0 saturated carbocycles. The second-order valence-electron chi connectivity index (χ2n) is 9.94. The highest BCUT2D eigenvalue weighted by molar-refractivity contribution is 6.51. The van der Waals surface area contributed by atoms with Crippen molar-refractivity contribution >= 4 is 34.6 Å². The fraction of sp³-hybridized carbons (Fsp3) is 0.121. The van der Waals surface area contributed by atoms with E-state index >= 15 is 4.39 Å². The molecule has 3 heterocycles. The first-order valence-corrected chi connectivity index (χ1v) is 13.5. The number of methoxy groups -OCH3 is 2. The van der Waals surface area contributed by atoms with E-state index in [4.69, 9.17) is 24.6 Å². The summed E-state index contributed by atoms with van der Waals surface area (Å²) in [5.74, 6) is 2.55. The van der Waals surface area contributed by atoms with Crippen molar-refractivity contribution in [1.82, 2.24) is 9.78 Å². The number of amidine groups is 2. The molecule has 7 rings (SSSR count). The number of anilines is 2. The average molecular weight is 559 g/mol. The van der Waals surface area contributed by atoms with Gasteiger partial charge in [-0.15, -0.1) is 0 Å². The minimum atomic E-state index is -0.551. The third-order valence-electron chi connectivity index (χ3n) is 7.49. The van der Waals surface area contributed by atoms with Crippen LogP contribution in [0.4, 0.5) is 27.3 Å². The quantitative estimate of drug-likeness (QED) is 0.248. The van der Waals surface area contributed by atoms with Crippen LogP contribution < -0.4 is 19.7 Å². The number of nitrogens with zero attached hydrogens (tertiary/aromatic N) is 5. The Morgan fingerprint density at radius 1 is 0.810 bits per heavy atom. The number of aliphatic imine (C=N–C) groups is 2. The topological polar surface area (TPSA) is 76.3 Å². The van der Waals surface area contributed by atoms with Gasteiger partial charge in [0.05, 0.1) is 43.0 Å². The van der Waals surface area contributed by atoms with Gasteiger partial charge in [-0.2, -0.15) is 5.10 Å². The van der Waals surface area contributed by atoms with Crippen LogP contribution in [-0.2, 0) is 0 Å². The standard InChI is InChI=1S/C33H27FN6O2/c1-20-29-30(23-13-7-8-14-24(23)34)39-26-16-10-9-15-25(26)36-31(35-21-17-18-27(41-2)28(19-21)42-3)33(39)37-32(29)40(38-20)22-11-5-4-6-12-22/h4-19,30H,1-3H3,(H,35,36). The van der Waals surface area contributed by atoms with Gasteiger partial charge < -0.3 is 19.7 Å². The molecule has 4 aromatic carbocycles. The lowest BCUT2D eigenvalue weighted by Gasteiger charge is -2.40. The second kappa shape index (κ2) is 10.2. The third-order valence-corrected chi connectivity index (χ3v) is 7.49. The van der Waals surface area contributed by atoms with E-state index in [1.165, 1.54) is 6.07 Å². The molecule has 2 aliphatic rings. The number of halogens is 1. The zero-order valence-corrected chi connectivity index (χ0v) is 23.2. The molecule has 8 nitrogen and oxygen atoms in total. The maximum Gasteiger partial charge on any atom is 0.179 e. The summed E-state index contributed by atoms with van der Waals surface area (Å²) in [5, 5.41) is 8.35. The van der Waals surface area contributed by atoms with Crippen molar-refractivity contribution in [3.8, 4) is 17.2 Å². The first-order chi connectivity index (χ1) is 20.6. The van der Waals surface area contributed by atoms with Crippen molar-refractivity contribution in [3.05, 3.63) is 120 Å². The molecule has 1 atom stereocenters. The molecule has 2 aliphatic heterocycles. The molecule has 9 heteroatoms. The predicted molar refractivity (Wildman–Crippen MR) is 163 cm³/mol. The van der Waals surface area contributed by atoms with Crippen LogP contribution in [0, 0.1) is 12.7 Å². The number of aryl methyl sites for hydroxylation is 1. The molecule has 1 aromatic heterocycles. The van der Waals surface area contributed by atoms with Crippen molar-refractivity contribution in [3.63, 3.8) is 0 Å². The lowest BCUT2D eigenvalue weighted by atomic mass is 9.93. The average Bonchev–Trinajstić information content (AvgIpc) is 3.36. The van der Waals surface area contributed by atoms with Crippen LogP contribution in [0.15, 0.2) is 107 Å². The summed E-state index contributed by atoms with van der Waals surface area (Å²) in [7, 11) is 3.19. The summed E-state index contributed by atoms with van der Waals surface area (Å²) in [4.78, 5) is 12.2. The maximum absolute atomic E-state index is 15.7. The van der Waals surface area contributed by atoms with Crippen LogP contribution >= 0.6 is 0 Å². The fourth-order valence-corrected chi connectivity index (χ4v) is 5.59. The lowest BCUT2D eigenvalue weighted by molar-refractivity contribution is 0.355. The summed E-state index contributed by atoms with van der Waals surface area (Å²) in [6.45, 7) is 1.94. The zero-order chi connectivity index (χ0) is 28.8. The summed E-state index contributed by atoms with van der Waals surface area (Å²) in [5.41, 5.74) is 5.25. The fourth-order valence-electron chi connectivity index (χ4n) is 5.59. The Labute approximate surface area is 242 Å². The van der Waals surface area contributed by atoms with Gasteiger partial charge in [0.2, 0.25) is 0 Å². The number of para-hydroxylation sites is 3. The van der Waals surface area contributed by atoms with E-state index in [9.17, 15) is 0 Å². The van der Waals surface area contributed by atoms with Gasteiger partial charge in [-0.1, -0.05) is 48.5 Å². The van der Waals surface area contributed by atoms with Crippen molar-refractivity contribution in [2.24, 2.45) is 9.98 Å². The van der Waals surface area contributed by atoms with Gasteiger partial charge in [0.25, 0.3) is 0 Å². The van der Waals surface area contributed by atoms with Crippen LogP contribution in [-0.4, -0.2) is 35.7 Å². The van der Waals surface area contributed by atoms with Crippen LogP contribution in [0.3, 0.4) is 0 Å². The van der Waals surface area contributed by atoms with E-state index in [0.29, 0.717) is 34.6 Å². The van der Waals surface area contributed by atoms with E-state index in [-0.39, 0.29) is 5.82 Å². The Bertz CT molecular complexity index is 1880. The van der Waals surface area contributed by atoms with Gasteiger partial charge in [-0.3, -0.25) is 0 Å². The Morgan fingerprint density at radius 2 is 1.55 bits per heavy atom. The Hall–Kier alpha value is -5.44. The highest BCUT2D eigenvalue weighted by atomic mass is 19.1. The van der Waals surface area contributed by atoms with E-state index in [1.807, 2.05) is 96.5 Å². The molecule has 1 unspecified atom stereocenters. The highest BCUT2D eigenvalue weighted by Gasteiger charge is 2.42. The minimum Gasteiger partial charge on any atom is -0.493 e. The molecule has 1 N–H and O–H groups in total. The Balaban J connectivity index is 1.48. The maximum atomic E-state index is 15.7. The predicted octanol–water partition coefficient (Wildman–Crippen LogP) is 7.13. The van der Waals surface area contributed by atoms with E-state index in [2.05, 4.69) is 10.2 Å². The van der Waals surface area contributed by atoms with Gasteiger partial charge in [0.1, 0.15) is 5.82 Å². The van der Waals surface area contributed by atoms with Gasteiger partial charge in [-0.25, -0.2) is 19.1 Å². The highest BCUT2D eigenvalue weighted by Crippen LogP contribution is 2.48. The SMILES string of the molecule is COc1ccc(NC2=Nc3ccccc3N3C2=Nc2c(c(C)nn2-c2ccccc2)C3c2ccccc2F)cc1OC. The van der Waals surface area contributed by atoms with E-state index in [0.717, 1.165) is 34.0 Å². The van der Waals surface area contributed by atoms with E-state index in [1.54, 1.807) is 20.3 Å². The Kier molecular flexibility index (Phi) is 6.19. The number of fused-ring (bicyclic) bond motifs is 4. The largest absolute Gasteiger partial charge is 0.493 e. The summed E-state index contributed by atoms with van der Waals surface area (Å²) in [6, 6.07) is 29.5. The molecule has 0 radical (unpaired) electrons. The van der Waals surface area contributed by atoms with Crippen molar-refractivity contribution in [1.29, 1.82) is 0 Å². The number of nitrogens with one attached hydrogen (secondary N) is 1. The number of hydrogen-bond acceptors (Lipinski definition) is 7. The number of aromatic nitrogens is 2. The van der Waals surface area contributed by atoms with Crippen molar-refractivity contribution in [2.45, 2.75) is 13.0 Å². The summed E-state index contributed by atoms with van der Waals surface area (Å²) < 4.78 is 28.5. The minimum absolute atomic E-state index is 0.309. The lowest BCUT2D eigenvalue weighted by Crippen LogP contribution is -2.46. The van der Waals surface area contributed by atoms with Crippen molar-refractivity contribution in [2.75, 3.05) is 24.4 Å². The molecule has 208 valence electrons. The van der Waals surface area contributed by atoms with E-state index < -0.39 is 6.04 Å². The molecule has 0 spiro atoms. The first-order valence-electron chi connectivity index (χ1n) is 13.5. The monoisotopic (exact) mass is 558 g/mol. The number of benzene rings is 4. The summed E-state index contributed by atoms with van der Waals surface area (Å²) >= 11 is 0. The molecule has 0 aliphatic carbocycles. The van der Waals surface area contributed by atoms with Crippen LogP contribution in [0.25, 0.3) is 5.69 Å². The smallest absolute Gasteiger partial charge is 0.179 e. The van der Waals surface area contributed by atoms with Gasteiger partial charge in [0, 0.05) is 22.9 Å². The van der Waals surface area contributed by atoms with Crippen LogP contribution in [0.1, 0.15) is 22.9 Å². The van der Waals surface area contributed by atoms with Gasteiger partial charge >= 0.3 is 0 Å². The second-order valence-corrected chi connectivity index (χ2v) is 9.94. The molecule has 5 aromatic rings. The number of rotatable bonds is 5. The number of ether oxygens (including phenoxy) is 2. The van der Waals surface area contributed by atoms with Gasteiger partial charge in [-0.05, 0) is 49.4 Å². The van der Waals surface area contributed by atoms with Gasteiger partial charge in [0.15, 0.2) is 29.0 Å². The summed E-state index contributed by atoms with van der Waals surface area (Å²) in [6.07, 6.45) is 0. The zero-order valence-electron chi connectivity index (χ0n) is 23.2. The van der Waals surface area contributed by atoms with Crippen LogP contribution in [0.2, 0.25) is 0 Å².